The standard InChI is InChI=1S/C19H23BrN2O2/c1-13-5-10-18(24-4)15(11-13)12-22(3)14(2)19(23)21-17-8-6-16(20)7-9-17/h5-11,14H,12H2,1-4H3,(H,21,23)/t14-/m1/s1. The lowest BCUT2D eigenvalue weighted by atomic mass is 10.1. The molecule has 1 N–H and O–H groups in total. The van der Waals surface area contributed by atoms with E-state index in [1.807, 2.05) is 62.2 Å². The fourth-order valence-electron chi connectivity index (χ4n) is 2.42. The van der Waals surface area contributed by atoms with E-state index in [0.29, 0.717) is 6.54 Å². The lowest BCUT2D eigenvalue weighted by Crippen LogP contribution is -2.39. The monoisotopic (exact) mass is 390 g/mol. The van der Waals surface area contributed by atoms with Gasteiger partial charge in [-0.15, -0.1) is 0 Å². The van der Waals surface area contributed by atoms with Crippen molar-refractivity contribution in [1.82, 2.24) is 4.90 Å². The summed E-state index contributed by atoms with van der Waals surface area (Å²) in [4.78, 5) is 14.5. The molecular formula is C19H23BrN2O2. The van der Waals surface area contributed by atoms with Crippen molar-refractivity contribution in [2.75, 3.05) is 19.5 Å². The van der Waals surface area contributed by atoms with Gasteiger partial charge in [-0.1, -0.05) is 33.6 Å². The van der Waals surface area contributed by atoms with Crippen molar-refractivity contribution in [3.63, 3.8) is 0 Å². The van der Waals surface area contributed by atoms with Crippen molar-refractivity contribution in [2.45, 2.75) is 26.4 Å². The molecule has 0 saturated carbocycles. The molecule has 4 nitrogen and oxygen atoms in total. The summed E-state index contributed by atoms with van der Waals surface area (Å²) in [7, 11) is 3.60. The maximum atomic E-state index is 12.5. The van der Waals surface area contributed by atoms with Crippen LogP contribution in [0.5, 0.6) is 5.75 Å². The quantitative estimate of drug-likeness (QED) is 0.802. The van der Waals surface area contributed by atoms with Gasteiger partial charge < -0.3 is 10.1 Å². The predicted molar refractivity (Wildman–Crippen MR) is 101 cm³/mol. The Bertz CT molecular complexity index is 701. The number of rotatable bonds is 6. The van der Waals surface area contributed by atoms with Crippen LogP contribution in [0.3, 0.4) is 0 Å². The molecule has 1 atom stereocenters. The number of benzene rings is 2. The van der Waals surface area contributed by atoms with Gasteiger partial charge in [0.1, 0.15) is 5.75 Å². The second-order valence-corrected chi connectivity index (χ2v) is 6.82. The van der Waals surface area contributed by atoms with Crippen LogP contribution in [0.25, 0.3) is 0 Å². The minimum absolute atomic E-state index is 0.0357. The molecule has 0 aliphatic rings. The number of aryl methyl sites for hydroxylation is 1. The lowest BCUT2D eigenvalue weighted by molar-refractivity contribution is -0.120. The molecule has 128 valence electrons. The van der Waals surface area contributed by atoms with Gasteiger partial charge in [-0.25, -0.2) is 0 Å². The van der Waals surface area contributed by atoms with Crippen molar-refractivity contribution in [3.8, 4) is 5.75 Å². The summed E-state index contributed by atoms with van der Waals surface area (Å²) >= 11 is 3.39. The molecule has 0 aliphatic heterocycles. The summed E-state index contributed by atoms with van der Waals surface area (Å²) in [6, 6.07) is 13.4. The first kappa shape index (κ1) is 18.5. The Hall–Kier alpha value is -1.85. The Labute approximate surface area is 151 Å². The van der Waals surface area contributed by atoms with Gasteiger partial charge in [0, 0.05) is 22.3 Å². The van der Waals surface area contributed by atoms with Gasteiger partial charge in [0.15, 0.2) is 0 Å². The van der Waals surface area contributed by atoms with E-state index in [2.05, 4.69) is 27.3 Å². The topological polar surface area (TPSA) is 41.6 Å². The average molecular weight is 391 g/mol. The van der Waals surface area contributed by atoms with Crippen molar-refractivity contribution < 1.29 is 9.53 Å². The third kappa shape index (κ3) is 4.82. The van der Waals surface area contributed by atoms with Crippen LogP contribution in [0, 0.1) is 6.92 Å². The number of carbonyl (C=O) groups is 1. The zero-order chi connectivity index (χ0) is 17.7. The summed E-state index contributed by atoms with van der Waals surface area (Å²) in [5, 5.41) is 2.94. The number of hydrogen-bond donors (Lipinski definition) is 1. The van der Waals surface area contributed by atoms with Gasteiger partial charge in [-0.05, 0) is 51.2 Å². The highest BCUT2D eigenvalue weighted by Crippen LogP contribution is 2.22. The molecule has 1 amide bonds. The third-order valence-corrected chi connectivity index (χ3v) is 4.54. The van der Waals surface area contributed by atoms with E-state index in [0.717, 1.165) is 21.5 Å². The zero-order valence-electron chi connectivity index (χ0n) is 14.5. The third-order valence-electron chi connectivity index (χ3n) is 4.01. The molecule has 0 heterocycles. The molecule has 2 rings (SSSR count). The fourth-order valence-corrected chi connectivity index (χ4v) is 2.68. The highest BCUT2D eigenvalue weighted by Gasteiger charge is 2.19. The Kier molecular flexibility index (Phi) is 6.40. The van der Waals surface area contributed by atoms with E-state index >= 15 is 0 Å². The number of anilines is 1. The molecule has 2 aromatic carbocycles. The number of halogens is 1. The van der Waals surface area contributed by atoms with Gasteiger partial charge in [0.2, 0.25) is 5.91 Å². The first-order valence-corrected chi connectivity index (χ1v) is 8.60. The van der Waals surface area contributed by atoms with E-state index < -0.39 is 0 Å². The van der Waals surface area contributed by atoms with Crippen molar-refractivity contribution >= 4 is 27.5 Å². The largest absolute Gasteiger partial charge is 0.496 e. The summed E-state index contributed by atoms with van der Waals surface area (Å²) in [5.74, 6) is 0.805. The Morgan fingerprint density at radius 1 is 1.25 bits per heavy atom. The number of carbonyl (C=O) groups excluding carboxylic acids is 1. The molecule has 0 saturated heterocycles. The second kappa shape index (κ2) is 8.31. The first-order chi connectivity index (χ1) is 11.4. The predicted octanol–water partition coefficient (Wildman–Crippen LogP) is 4.23. The lowest BCUT2D eigenvalue weighted by Gasteiger charge is -2.25. The van der Waals surface area contributed by atoms with Crippen LogP contribution in [0.2, 0.25) is 0 Å². The Balaban J connectivity index is 2.03. The number of hydrogen-bond acceptors (Lipinski definition) is 3. The number of nitrogens with zero attached hydrogens (tertiary/aromatic N) is 1. The highest BCUT2D eigenvalue weighted by atomic mass is 79.9. The number of likely N-dealkylation sites (N-methyl/N-ethyl adjacent to an activating group) is 1. The second-order valence-electron chi connectivity index (χ2n) is 5.90. The minimum Gasteiger partial charge on any atom is -0.496 e. The molecule has 5 heteroatoms. The van der Waals surface area contributed by atoms with E-state index in [1.54, 1.807) is 7.11 Å². The maximum Gasteiger partial charge on any atom is 0.241 e. The number of ether oxygens (including phenoxy) is 1. The average Bonchev–Trinajstić information content (AvgIpc) is 2.56. The van der Waals surface area contributed by atoms with E-state index in [4.69, 9.17) is 4.74 Å². The molecule has 0 spiro atoms. The number of amides is 1. The van der Waals surface area contributed by atoms with Crippen LogP contribution in [-0.4, -0.2) is 31.0 Å². The van der Waals surface area contributed by atoms with Crippen LogP contribution in [0.15, 0.2) is 46.9 Å². The molecule has 0 bridgehead atoms. The molecule has 24 heavy (non-hydrogen) atoms. The number of methoxy groups -OCH3 is 1. The highest BCUT2D eigenvalue weighted by molar-refractivity contribution is 9.10. The van der Waals surface area contributed by atoms with E-state index in [-0.39, 0.29) is 11.9 Å². The molecular weight excluding hydrogens is 368 g/mol. The Morgan fingerprint density at radius 3 is 2.54 bits per heavy atom. The SMILES string of the molecule is COc1ccc(C)cc1CN(C)[C@H](C)C(=O)Nc1ccc(Br)cc1. The van der Waals surface area contributed by atoms with Gasteiger partial charge in [-0.3, -0.25) is 9.69 Å². The van der Waals surface area contributed by atoms with Crippen molar-refractivity contribution in [1.29, 1.82) is 0 Å². The van der Waals surface area contributed by atoms with Crippen LogP contribution in [-0.2, 0) is 11.3 Å². The van der Waals surface area contributed by atoms with Crippen LogP contribution in [0.4, 0.5) is 5.69 Å². The number of nitrogens with one attached hydrogen (secondary N) is 1. The summed E-state index contributed by atoms with van der Waals surface area (Å²) in [6.07, 6.45) is 0. The summed E-state index contributed by atoms with van der Waals surface area (Å²) < 4.78 is 6.40. The van der Waals surface area contributed by atoms with Gasteiger partial charge in [0.05, 0.1) is 13.2 Å². The normalized spacial score (nSPS) is 12.1. The first-order valence-electron chi connectivity index (χ1n) is 7.81. The molecule has 2 aromatic rings. The zero-order valence-corrected chi connectivity index (χ0v) is 16.1. The molecule has 0 aromatic heterocycles. The molecule has 0 fully saturated rings. The maximum absolute atomic E-state index is 12.5. The van der Waals surface area contributed by atoms with Gasteiger partial charge in [0.25, 0.3) is 0 Å². The minimum atomic E-state index is -0.265. The van der Waals surface area contributed by atoms with Crippen molar-refractivity contribution in [2.24, 2.45) is 0 Å². The summed E-state index contributed by atoms with van der Waals surface area (Å²) in [5.41, 5.74) is 3.03. The van der Waals surface area contributed by atoms with E-state index in [9.17, 15) is 4.79 Å². The molecule has 0 unspecified atom stereocenters. The van der Waals surface area contributed by atoms with E-state index in [1.165, 1.54) is 5.56 Å². The fraction of sp³-hybridized carbons (Fsp3) is 0.316. The van der Waals surface area contributed by atoms with Crippen molar-refractivity contribution in [3.05, 3.63) is 58.1 Å². The van der Waals surface area contributed by atoms with Crippen LogP contribution >= 0.6 is 15.9 Å². The van der Waals surface area contributed by atoms with Gasteiger partial charge >= 0.3 is 0 Å². The molecule has 0 aliphatic carbocycles. The Morgan fingerprint density at radius 2 is 1.92 bits per heavy atom. The summed E-state index contributed by atoms with van der Waals surface area (Å²) in [6.45, 7) is 4.59. The van der Waals surface area contributed by atoms with Gasteiger partial charge in [-0.2, -0.15) is 0 Å². The van der Waals surface area contributed by atoms with Crippen LogP contribution in [0.1, 0.15) is 18.1 Å². The molecule has 0 radical (unpaired) electrons. The smallest absolute Gasteiger partial charge is 0.241 e. The van der Waals surface area contributed by atoms with Crippen LogP contribution < -0.4 is 10.1 Å².